The van der Waals surface area contributed by atoms with Crippen molar-refractivity contribution in [3.05, 3.63) is 46.6 Å². The minimum atomic E-state index is -0.181. The number of aromatic nitrogens is 2. The SMILES string of the molecule is CC(C)c1cc(CN(C)C(=O)c2ccncc2Cl)on1. The highest BCUT2D eigenvalue weighted by atomic mass is 35.5. The Morgan fingerprint density at radius 1 is 1.50 bits per heavy atom. The summed E-state index contributed by atoms with van der Waals surface area (Å²) in [6, 6.07) is 3.46. The predicted octanol–water partition coefficient (Wildman–Crippen LogP) is 3.12. The molecule has 1 amide bonds. The van der Waals surface area contributed by atoms with Crippen LogP contribution in [0.25, 0.3) is 0 Å². The Bertz CT molecular complexity index is 610. The molecule has 0 saturated carbocycles. The molecule has 0 aliphatic rings. The molecule has 0 spiro atoms. The van der Waals surface area contributed by atoms with Crippen molar-refractivity contribution in [2.75, 3.05) is 7.05 Å². The van der Waals surface area contributed by atoms with E-state index in [9.17, 15) is 4.79 Å². The van der Waals surface area contributed by atoms with E-state index in [1.807, 2.05) is 19.9 Å². The van der Waals surface area contributed by atoms with Crippen LogP contribution in [0.5, 0.6) is 0 Å². The molecule has 0 atom stereocenters. The van der Waals surface area contributed by atoms with Gasteiger partial charge in [-0.2, -0.15) is 0 Å². The van der Waals surface area contributed by atoms with Crippen LogP contribution in [0, 0.1) is 0 Å². The minimum Gasteiger partial charge on any atom is -0.359 e. The summed E-state index contributed by atoms with van der Waals surface area (Å²) < 4.78 is 5.22. The highest BCUT2D eigenvalue weighted by molar-refractivity contribution is 6.33. The molecule has 0 N–H and O–H groups in total. The largest absolute Gasteiger partial charge is 0.359 e. The van der Waals surface area contributed by atoms with E-state index in [0.29, 0.717) is 28.8 Å². The molecule has 0 bridgehead atoms. The minimum absolute atomic E-state index is 0.181. The molecule has 0 unspecified atom stereocenters. The molecule has 0 aromatic carbocycles. The van der Waals surface area contributed by atoms with Crippen molar-refractivity contribution < 1.29 is 9.32 Å². The first-order chi connectivity index (χ1) is 9.49. The number of hydrogen-bond donors (Lipinski definition) is 0. The number of nitrogens with zero attached hydrogens (tertiary/aromatic N) is 3. The Balaban J connectivity index is 2.09. The fourth-order valence-corrected chi connectivity index (χ4v) is 1.94. The lowest BCUT2D eigenvalue weighted by Crippen LogP contribution is -2.26. The van der Waals surface area contributed by atoms with Gasteiger partial charge in [-0.3, -0.25) is 9.78 Å². The number of hydrogen-bond acceptors (Lipinski definition) is 4. The molecular formula is C14H16ClN3O2. The van der Waals surface area contributed by atoms with Gasteiger partial charge in [-0.1, -0.05) is 30.6 Å². The number of rotatable bonds is 4. The molecule has 2 aromatic rings. The average molecular weight is 294 g/mol. The number of amides is 1. The fourth-order valence-electron chi connectivity index (χ4n) is 1.74. The molecule has 106 valence electrons. The number of pyridine rings is 1. The van der Waals surface area contributed by atoms with Crippen molar-refractivity contribution in [3.63, 3.8) is 0 Å². The van der Waals surface area contributed by atoms with Gasteiger partial charge in [0.1, 0.15) is 0 Å². The topological polar surface area (TPSA) is 59.2 Å². The molecule has 0 aliphatic heterocycles. The predicted molar refractivity (Wildman–Crippen MR) is 75.6 cm³/mol. The van der Waals surface area contributed by atoms with Gasteiger partial charge in [0.05, 0.1) is 22.8 Å². The van der Waals surface area contributed by atoms with Gasteiger partial charge in [0, 0.05) is 25.5 Å². The zero-order valence-electron chi connectivity index (χ0n) is 11.6. The van der Waals surface area contributed by atoms with Gasteiger partial charge in [0.2, 0.25) is 0 Å². The molecule has 2 rings (SSSR count). The third kappa shape index (κ3) is 3.17. The molecule has 0 fully saturated rings. The second-order valence-corrected chi connectivity index (χ2v) is 5.30. The van der Waals surface area contributed by atoms with Crippen LogP contribution in [0.2, 0.25) is 5.02 Å². The molecule has 2 aromatic heterocycles. The van der Waals surface area contributed by atoms with Crippen molar-refractivity contribution in [2.24, 2.45) is 0 Å². The Morgan fingerprint density at radius 2 is 2.25 bits per heavy atom. The molecule has 0 saturated heterocycles. The third-order valence-corrected chi connectivity index (χ3v) is 3.21. The van der Waals surface area contributed by atoms with Gasteiger partial charge >= 0.3 is 0 Å². The molecule has 0 aliphatic carbocycles. The summed E-state index contributed by atoms with van der Waals surface area (Å²) in [5.41, 5.74) is 1.30. The quantitative estimate of drug-likeness (QED) is 0.869. The monoisotopic (exact) mass is 293 g/mol. The standard InChI is InChI=1S/C14H16ClN3O2/c1-9(2)13-6-10(20-17-13)8-18(3)14(19)11-4-5-16-7-12(11)15/h4-7,9H,8H2,1-3H3. The first kappa shape index (κ1) is 14.5. The van der Waals surface area contributed by atoms with Crippen LogP contribution in [0.15, 0.2) is 29.0 Å². The van der Waals surface area contributed by atoms with E-state index in [0.717, 1.165) is 5.69 Å². The lowest BCUT2D eigenvalue weighted by Gasteiger charge is -2.15. The van der Waals surface area contributed by atoms with Gasteiger partial charge in [0.25, 0.3) is 5.91 Å². The lowest BCUT2D eigenvalue weighted by atomic mass is 10.1. The van der Waals surface area contributed by atoms with Gasteiger partial charge in [-0.05, 0) is 12.0 Å². The van der Waals surface area contributed by atoms with E-state index in [1.165, 1.54) is 17.3 Å². The Kier molecular flexibility index (Phi) is 4.39. The maximum Gasteiger partial charge on any atom is 0.255 e. The van der Waals surface area contributed by atoms with E-state index in [4.69, 9.17) is 16.1 Å². The van der Waals surface area contributed by atoms with Gasteiger partial charge in [-0.25, -0.2) is 0 Å². The van der Waals surface area contributed by atoms with Crippen LogP contribution in [0.1, 0.15) is 41.6 Å². The summed E-state index contributed by atoms with van der Waals surface area (Å²) in [4.78, 5) is 17.7. The molecule has 0 radical (unpaired) electrons. The van der Waals surface area contributed by atoms with Crippen molar-refractivity contribution in [2.45, 2.75) is 26.3 Å². The number of carbonyl (C=O) groups excluding carboxylic acids is 1. The summed E-state index contributed by atoms with van der Waals surface area (Å²) in [6.45, 7) is 4.41. The normalized spacial score (nSPS) is 10.8. The van der Waals surface area contributed by atoms with E-state index in [2.05, 4.69) is 10.1 Å². The van der Waals surface area contributed by atoms with Crippen molar-refractivity contribution in [1.29, 1.82) is 0 Å². The van der Waals surface area contributed by atoms with Crippen LogP contribution in [0.4, 0.5) is 0 Å². The van der Waals surface area contributed by atoms with Gasteiger partial charge in [0.15, 0.2) is 5.76 Å². The second-order valence-electron chi connectivity index (χ2n) is 4.89. The molecular weight excluding hydrogens is 278 g/mol. The van der Waals surface area contributed by atoms with Crippen molar-refractivity contribution in [1.82, 2.24) is 15.0 Å². The zero-order chi connectivity index (χ0) is 14.7. The van der Waals surface area contributed by atoms with E-state index in [-0.39, 0.29) is 5.91 Å². The van der Waals surface area contributed by atoms with Crippen LogP contribution in [0.3, 0.4) is 0 Å². The molecule has 6 heteroatoms. The fraction of sp³-hybridized carbons (Fsp3) is 0.357. The summed E-state index contributed by atoms with van der Waals surface area (Å²) in [5, 5.41) is 4.31. The number of carbonyl (C=O) groups is 1. The smallest absolute Gasteiger partial charge is 0.255 e. The van der Waals surface area contributed by atoms with Crippen LogP contribution in [-0.2, 0) is 6.54 Å². The van der Waals surface area contributed by atoms with Crippen LogP contribution in [-0.4, -0.2) is 28.0 Å². The summed E-state index contributed by atoms with van der Waals surface area (Å²) in [6.07, 6.45) is 2.99. The zero-order valence-corrected chi connectivity index (χ0v) is 12.4. The summed E-state index contributed by atoms with van der Waals surface area (Å²) >= 11 is 5.97. The van der Waals surface area contributed by atoms with E-state index >= 15 is 0 Å². The Labute approximate surface area is 122 Å². The summed E-state index contributed by atoms with van der Waals surface area (Å²) in [7, 11) is 1.69. The van der Waals surface area contributed by atoms with Crippen molar-refractivity contribution >= 4 is 17.5 Å². The first-order valence-corrected chi connectivity index (χ1v) is 6.67. The van der Waals surface area contributed by atoms with Crippen molar-refractivity contribution in [3.8, 4) is 0 Å². The third-order valence-electron chi connectivity index (χ3n) is 2.91. The first-order valence-electron chi connectivity index (χ1n) is 6.29. The lowest BCUT2D eigenvalue weighted by molar-refractivity contribution is 0.0772. The second kappa shape index (κ2) is 6.05. The highest BCUT2D eigenvalue weighted by Gasteiger charge is 2.17. The van der Waals surface area contributed by atoms with Crippen LogP contribution >= 0.6 is 11.6 Å². The molecule has 2 heterocycles. The molecule has 5 nitrogen and oxygen atoms in total. The average Bonchev–Trinajstić information content (AvgIpc) is 2.87. The maximum absolute atomic E-state index is 12.3. The summed E-state index contributed by atoms with van der Waals surface area (Å²) in [5.74, 6) is 0.762. The van der Waals surface area contributed by atoms with E-state index in [1.54, 1.807) is 13.1 Å². The number of halogens is 1. The highest BCUT2D eigenvalue weighted by Crippen LogP contribution is 2.18. The van der Waals surface area contributed by atoms with E-state index < -0.39 is 0 Å². The van der Waals surface area contributed by atoms with Gasteiger partial charge in [-0.15, -0.1) is 0 Å². The van der Waals surface area contributed by atoms with Crippen LogP contribution < -0.4 is 0 Å². The Hall–Kier alpha value is -1.88. The Morgan fingerprint density at radius 3 is 2.85 bits per heavy atom. The maximum atomic E-state index is 12.3. The molecule has 20 heavy (non-hydrogen) atoms. The van der Waals surface area contributed by atoms with Gasteiger partial charge < -0.3 is 9.42 Å².